The Morgan fingerprint density at radius 3 is 2.36 bits per heavy atom. The van der Waals surface area contributed by atoms with Crippen molar-refractivity contribution in [1.82, 2.24) is 0 Å². The van der Waals surface area contributed by atoms with Crippen LogP contribution < -0.4 is 0 Å². The molecule has 0 spiro atoms. The molecule has 3 nitrogen and oxygen atoms in total. The molecule has 0 heterocycles. The van der Waals surface area contributed by atoms with Gasteiger partial charge in [-0.3, -0.25) is 9.59 Å². The largest absolute Gasteiger partial charge is 0.481 e. The molecule has 0 rings (SSSR count). The average molecular weight is 216 g/mol. The zero-order valence-electron chi connectivity index (χ0n) is 8.74. The summed E-state index contributed by atoms with van der Waals surface area (Å²) in [5.74, 6) is -1.31. The molecule has 14 heavy (non-hydrogen) atoms. The normalized spacial score (nSPS) is 13.8. The van der Waals surface area contributed by atoms with Crippen molar-refractivity contribution in [3.8, 4) is 0 Å². The minimum absolute atomic E-state index is 0.0476. The molecule has 1 N–H and O–H groups in total. The quantitative estimate of drug-likeness (QED) is 0.716. The first-order valence-corrected chi connectivity index (χ1v) is 5.65. The number of carbonyl (C=O) groups excluding carboxylic acids is 1. The van der Waals surface area contributed by atoms with E-state index in [2.05, 4.69) is 0 Å². The maximum atomic E-state index is 11.4. The molecule has 0 aromatic carbocycles. The number of aliphatic carboxylic acids is 1. The number of carboxylic acid groups (broad SMARTS) is 1. The van der Waals surface area contributed by atoms with Crippen molar-refractivity contribution in [2.75, 3.05) is 6.26 Å². The molecule has 0 aromatic rings. The van der Waals surface area contributed by atoms with E-state index in [1.165, 1.54) is 0 Å². The molecular weight excluding hydrogens is 200 g/mol. The molecule has 4 heteroatoms. The maximum absolute atomic E-state index is 11.4. The third-order valence-corrected chi connectivity index (χ3v) is 2.75. The number of carboxylic acids is 1. The van der Waals surface area contributed by atoms with Crippen LogP contribution >= 0.6 is 11.8 Å². The van der Waals surface area contributed by atoms with Gasteiger partial charge < -0.3 is 5.11 Å². The molecule has 0 aliphatic carbocycles. The first-order chi connectivity index (χ1) is 6.51. The highest BCUT2D eigenvalue weighted by Gasteiger charge is 2.20. The average Bonchev–Trinajstić information content (AvgIpc) is 2.14. The Kier molecular flexibility index (Phi) is 6.28. The summed E-state index contributed by atoms with van der Waals surface area (Å²) in [6.45, 7) is 3.79. The minimum Gasteiger partial charge on any atom is -0.481 e. The van der Waals surface area contributed by atoms with Crippen molar-refractivity contribution in [2.24, 2.45) is 5.92 Å². The van der Waals surface area contributed by atoms with Gasteiger partial charge in [0.25, 0.3) is 0 Å². The van der Waals surface area contributed by atoms with Gasteiger partial charge in [0.05, 0.1) is 6.42 Å². The van der Waals surface area contributed by atoms with Gasteiger partial charge in [0.1, 0.15) is 0 Å². The van der Waals surface area contributed by atoms with E-state index in [0.29, 0.717) is 6.42 Å². The lowest BCUT2D eigenvalue weighted by Crippen LogP contribution is -2.15. The van der Waals surface area contributed by atoms with Crippen LogP contribution in [-0.2, 0) is 9.59 Å². The SMILES string of the molecule is CC=C(C)CC(CC(=O)O)C(=O)SC. The van der Waals surface area contributed by atoms with Crippen molar-refractivity contribution in [2.45, 2.75) is 26.7 Å². The third-order valence-electron chi connectivity index (χ3n) is 2.02. The molecule has 0 saturated heterocycles. The Hall–Kier alpha value is -0.770. The Bertz CT molecular complexity index is 246. The highest BCUT2D eigenvalue weighted by atomic mass is 32.2. The van der Waals surface area contributed by atoms with Crippen LogP contribution in [0.3, 0.4) is 0 Å². The number of hydrogen-bond donors (Lipinski definition) is 1. The number of rotatable bonds is 5. The first kappa shape index (κ1) is 13.2. The molecule has 0 aliphatic heterocycles. The molecule has 0 amide bonds. The van der Waals surface area contributed by atoms with Gasteiger partial charge in [0.15, 0.2) is 5.12 Å². The molecular formula is C10H16O3S. The summed E-state index contributed by atoms with van der Waals surface area (Å²) in [6.07, 6.45) is 4.05. The second-order valence-electron chi connectivity index (χ2n) is 3.16. The van der Waals surface area contributed by atoms with Crippen molar-refractivity contribution in [3.05, 3.63) is 11.6 Å². The molecule has 0 aromatic heterocycles. The van der Waals surface area contributed by atoms with Crippen LogP contribution in [-0.4, -0.2) is 22.4 Å². The van der Waals surface area contributed by atoms with Gasteiger partial charge >= 0.3 is 5.97 Å². The van der Waals surface area contributed by atoms with Crippen molar-refractivity contribution >= 4 is 22.8 Å². The summed E-state index contributed by atoms with van der Waals surface area (Å²) in [5, 5.41) is 8.59. The molecule has 0 saturated carbocycles. The van der Waals surface area contributed by atoms with Gasteiger partial charge in [0, 0.05) is 5.92 Å². The number of allylic oxidation sites excluding steroid dienone is 2. The van der Waals surface area contributed by atoms with Gasteiger partial charge in [-0.15, -0.1) is 0 Å². The van der Waals surface area contributed by atoms with Crippen LogP contribution in [0.2, 0.25) is 0 Å². The predicted octanol–water partition coefficient (Wildman–Crippen LogP) is 2.32. The van der Waals surface area contributed by atoms with Crippen molar-refractivity contribution in [1.29, 1.82) is 0 Å². The first-order valence-electron chi connectivity index (χ1n) is 4.42. The van der Waals surface area contributed by atoms with Crippen LogP contribution in [0.25, 0.3) is 0 Å². The van der Waals surface area contributed by atoms with E-state index in [9.17, 15) is 9.59 Å². The van der Waals surface area contributed by atoms with E-state index in [1.807, 2.05) is 19.9 Å². The van der Waals surface area contributed by atoms with E-state index in [4.69, 9.17) is 5.11 Å². The Labute approximate surface area is 88.6 Å². The Morgan fingerprint density at radius 2 is 2.00 bits per heavy atom. The van der Waals surface area contributed by atoms with E-state index < -0.39 is 11.9 Å². The highest BCUT2D eigenvalue weighted by molar-refractivity contribution is 8.13. The van der Waals surface area contributed by atoms with Crippen LogP contribution in [0.4, 0.5) is 0 Å². The second-order valence-corrected chi connectivity index (χ2v) is 3.97. The lowest BCUT2D eigenvalue weighted by Gasteiger charge is -2.11. The Balaban J connectivity index is 4.39. The topological polar surface area (TPSA) is 54.4 Å². The highest BCUT2D eigenvalue weighted by Crippen LogP contribution is 2.20. The van der Waals surface area contributed by atoms with E-state index in [-0.39, 0.29) is 11.5 Å². The molecule has 0 fully saturated rings. The molecule has 1 unspecified atom stereocenters. The standard InChI is InChI=1S/C10H16O3S/c1-4-7(2)5-8(6-9(11)12)10(13)14-3/h4,8H,5-6H2,1-3H3,(H,11,12). The number of thioether (sulfide) groups is 1. The fraction of sp³-hybridized carbons (Fsp3) is 0.600. The summed E-state index contributed by atoms with van der Waals surface area (Å²) in [5.41, 5.74) is 1.05. The molecule has 0 aliphatic rings. The summed E-state index contributed by atoms with van der Waals surface area (Å²) in [6, 6.07) is 0. The lowest BCUT2D eigenvalue weighted by molar-refractivity contribution is -0.139. The van der Waals surface area contributed by atoms with E-state index >= 15 is 0 Å². The third kappa shape index (κ3) is 5.07. The van der Waals surface area contributed by atoms with E-state index in [0.717, 1.165) is 17.3 Å². The molecule has 1 atom stereocenters. The second kappa shape index (κ2) is 6.65. The van der Waals surface area contributed by atoms with Crippen molar-refractivity contribution in [3.63, 3.8) is 0 Å². The molecule has 0 bridgehead atoms. The van der Waals surface area contributed by atoms with Gasteiger partial charge in [-0.05, 0) is 26.5 Å². The molecule has 0 radical (unpaired) electrons. The van der Waals surface area contributed by atoms with Crippen LogP contribution in [0.5, 0.6) is 0 Å². The predicted molar refractivity (Wildman–Crippen MR) is 58.3 cm³/mol. The van der Waals surface area contributed by atoms with Gasteiger partial charge in [-0.2, -0.15) is 0 Å². The summed E-state index contributed by atoms with van der Waals surface area (Å²) >= 11 is 1.10. The zero-order chi connectivity index (χ0) is 11.1. The lowest BCUT2D eigenvalue weighted by atomic mass is 9.98. The van der Waals surface area contributed by atoms with E-state index in [1.54, 1.807) is 6.26 Å². The zero-order valence-corrected chi connectivity index (χ0v) is 9.56. The molecule has 80 valence electrons. The van der Waals surface area contributed by atoms with Gasteiger partial charge in [-0.25, -0.2) is 0 Å². The van der Waals surface area contributed by atoms with Crippen LogP contribution in [0, 0.1) is 5.92 Å². The monoisotopic (exact) mass is 216 g/mol. The maximum Gasteiger partial charge on any atom is 0.304 e. The fourth-order valence-corrected chi connectivity index (χ4v) is 1.62. The van der Waals surface area contributed by atoms with Crippen LogP contribution in [0.1, 0.15) is 26.7 Å². The summed E-state index contributed by atoms with van der Waals surface area (Å²) in [4.78, 5) is 21.9. The van der Waals surface area contributed by atoms with Gasteiger partial charge in [0.2, 0.25) is 0 Å². The number of carbonyl (C=O) groups is 2. The summed E-state index contributed by atoms with van der Waals surface area (Å²) in [7, 11) is 0. The smallest absolute Gasteiger partial charge is 0.304 e. The number of hydrogen-bond acceptors (Lipinski definition) is 3. The van der Waals surface area contributed by atoms with Crippen LogP contribution in [0.15, 0.2) is 11.6 Å². The summed E-state index contributed by atoms with van der Waals surface area (Å²) < 4.78 is 0. The Morgan fingerprint density at radius 1 is 1.43 bits per heavy atom. The minimum atomic E-state index is -0.915. The fourth-order valence-electron chi connectivity index (χ4n) is 1.12. The van der Waals surface area contributed by atoms with Gasteiger partial charge in [-0.1, -0.05) is 23.4 Å². The van der Waals surface area contributed by atoms with Crippen molar-refractivity contribution < 1.29 is 14.7 Å².